The first-order chi connectivity index (χ1) is 6.94. The highest BCUT2D eigenvalue weighted by atomic mass is 19.1. The summed E-state index contributed by atoms with van der Waals surface area (Å²) >= 11 is 0. The summed E-state index contributed by atoms with van der Waals surface area (Å²) < 4.78 is 12.9. The predicted molar refractivity (Wildman–Crippen MR) is 58.7 cm³/mol. The van der Waals surface area contributed by atoms with Crippen LogP contribution in [0.2, 0.25) is 0 Å². The van der Waals surface area contributed by atoms with Crippen molar-refractivity contribution in [2.75, 3.05) is 0 Å². The first kappa shape index (κ1) is 11.7. The van der Waals surface area contributed by atoms with Crippen LogP contribution >= 0.6 is 0 Å². The average Bonchev–Trinajstić information content (AvgIpc) is 2.17. The van der Waals surface area contributed by atoms with Gasteiger partial charge >= 0.3 is 0 Å². The first-order valence-corrected chi connectivity index (χ1v) is 4.80. The van der Waals surface area contributed by atoms with E-state index >= 15 is 0 Å². The highest BCUT2D eigenvalue weighted by Crippen LogP contribution is 2.15. The fraction of sp³-hybridized carbons (Fsp3) is 0.417. The zero-order valence-corrected chi connectivity index (χ0v) is 9.21. The van der Waals surface area contributed by atoms with Crippen molar-refractivity contribution >= 4 is 0 Å². The molecule has 0 saturated carbocycles. The number of halogens is 1. The lowest BCUT2D eigenvalue weighted by Crippen LogP contribution is -2.39. The van der Waals surface area contributed by atoms with Crippen LogP contribution in [-0.2, 0) is 0 Å². The molecule has 1 N–H and O–H groups in total. The maximum Gasteiger partial charge on any atom is 0.141 e. The monoisotopic (exact) mass is 206 g/mol. The third-order valence-electron chi connectivity index (χ3n) is 2.16. The third-order valence-corrected chi connectivity index (χ3v) is 2.16. The van der Waals surface area contributed by atoms with Gasteiger partial charge in [0.1, 0.15) is 5.82 Å². The lowest BCUT2D eigenvalue weighted by atomic mass is 10.0. The smallest absolute Gasteiger partial charge is 0.141 e. The van der Waals surface area contributed by atoms with Crippen molar-refractivity contribution in [3.63, 3.8) is 0 Å². The number of nitrogens with one attached hydrogen (secondary N) is 1. The molecule has 0 spiro atoms. The van der Waals surface area contributed by atoms with Gasteiger partial charge in [-0.15, -0.1) is 6.42 Å². The Balaban J connectivity index is 2.78. The van der Waals surface area contributed by atoms with Crippen LogP contribution < -0.4 is 5.32 Å². The fourth-order valence-electron chi connectivity index (χ4n) is 1.33. The van der Waals surface area contributed by atoms with Gasteiger partial charge < -0.3 is 0 Å². The van der Waals surface area contributed by atoms with Crippen molar-refractivity contribution < 1.29 is 4.39 Å². The first-order valence-electron chi connectivity index (χ1n) is 4.80. The molecule has 0 radical (unpaired) electrons. The van der Waals surface area contributed by atoms with Crippen molar-refractivity contribution in [3.05, 3.63) is 29.8 Å². The van der Waals surface area contributed by atoms with Crippen LogP contribution in [0.4, 0.5) is 4.39 Å². The van der Waals surface area contributed by atoms with Gasteiger partial charge in [-0.05, 0) is 32.4 Å². The highest BCUT2D eigenvalue weighted by molar-refractivity contribution is 5.17. The Kier molecular flexibility index (Phi) is 3.43. The van der Waals surface area contributed by atoms with Crippen LogP contribution in [-0.4, -0.2) is 10.5 Å². The van der Waals surface area contributed by atoms with E-state index in [0.717, 1.165) is 5.56 Å². The lowest BCUT2D eigenvalue weighted by molar-refractivity contribution is 0.429. The fourth-order valence-corrected chi connectivity index (χ4v) is 1.33. The number of aromatic nitrogens is 1. The third kappa shape index (κ3) is 3.34. The molecule has 1 heterocycles. The molecule has 0 bridgehead atoms. The molecule has 1 aromatic heterocycles. The van der Waals surface area contributed by atoms with Gasteiger partial charge in [-0.1, -0.05) is 5.92 Å². The highest BCUT2D eigenvalue weighted by Gasteiger charge is 2.17. The van der Waals surface area contributed by atoms with E-state index in [0.29, 0.717) is 0 Å². The van der Waals surface area contributed by atoms with Crippen molar-refractivity contribution in [1.29, 1.82) is 0 Å². The van der Waals surface area contributed by atoms with Gasteiger partial charge in [0.15, 0.2) is 0 Å². The predicted octanol–water partition coefficient (Wildman–Crippen LogP) is 2.28. The van der Waals surface area contributed by atoms with Gasteiger partial charge in [-0.25, -0.2) is 4.39 Å². The normalized spacial score (nSPS) is 13.3. The summed E-state index contributed by atoms with van der Waals surface area (Å²) in [5.74, 6) is 2.30. The number of nitrogens with zero attached hydrogens (tertiary/aromatic N) is 1. The molecule has 0 aliphatic carbocycles. The minimum absolute atomic E-state index is 0.0285. The number of pyridine rings is 1. The second-order valence-electron chi connectivity index (χ2n) is 4.07. The Bertz CT molecular complexity index is 379. The molecule has 0 saturated heterocycles. The second kappa shape index (κ2) is 4.41. The van der Waals surface area contributed by atoms with Gasteiger partial charge in [0.05, 0.1) is 11.7 Å². The SMILES string of the molecule is C#CC(C)(C)NC(C)c1cncc(F)c1. The van der Waals surface area contributed by atoms with E-state index < -0.39 is 5.54 Å². The molecular formula is C12H15FN2. The second-order valence-corrected chi connectivity index (χ2v) is 4.07. The summed E-state index contributed by atoms with van der Waals surface area (Å²) in [5.41, 5.74) is 0.379. The van der Waals surface area contributed by atoms with E-state index in [1.165, 1.54) is 12.3 Å². The van der Waals surface area contributed by atoms with Crippen molar-refractivity contribution in [1.82, 2.24) is 10.3 Å². The molecule has 1 aromatic rings. The van der Waals surface area contributed by atoms with E-state index in [-0.39, 0.29) is 11.9 Å². The van der Waals surface area contributed by atoms with E-state index in [1.807, 2.05) is 20.8 Å². The van der Waals surface area contributed by atoms with Crippen LogP contribution in [0.15, 0.2) is 18.5 Å². The lowest BCUT2D eigenvalue weighted by Gasteiger charge is -2.25. The van der Waals surface area contributed by atoms with E-state index in [1.54, 1.807) is 6.20 Å². The van der Waals surface area contributed by atoms with Crippen LogP contribution in [0.1, 0.15) is 32.4 Å². The van der Waals surface area contributed by atoms with Crippen LogP contribution in [0, 0.1) is 18.2 Å². The maximum atomic E-state index is 12.9. The minimum atomic E-state index is -0.411. The molecule has 1 atom stereocenters. The van der Waals surface area contributed by atoms with Gasteiger partial charge in [0, 0.05) is 12.2 Å². The average molecular weight is 206 g/mol. The molecule has 1 unspecified atom stereocenters. The van der Waals surface area contributed by atoms with Gasteiger partial charge in [-0.2, -0.15) is 0 Å². The molecule has 80 valence electrons. The Hall–Kier alpha value is -1.40. The largest absolute Gasteiger partial charge is 0.295 e. The number of hydrogen-bond acceptors (Lipinski definition) is 2. The van der Waals surface area contributed by atoms with Gasteiger partial charge in [0.2, 0.25) is 0 Å². The summed E-state index contributed by atoms with van der Waals surface area (Å²) in [7, 11) is 0. The molecule has 3 heteroatoms. The summed E-state index contributed by atoms with van der Waals surface area (Å²) in [6.45, 7) is 5.72. The number of hydrogen-bond donors (Lipinski definition) is 1. The molecule has 0 amide bonds. The zero-order valence-electron chi connectivity index (χ0n) is 9.21. The topological polar surface area (TPSA) is 24.9 Å². The molecular weight excluding hydrogens is 191 g/mol. The summed E-state index contributed by atoms with van der Waals surface area (Å²) in [6, 6.07) is 1.43. The summed E-state index contributed by atoms with van der Waals surface area (Å²) in [5, 5.41) is 3.21. The minimum Gasteiger partial charge on any atom is -0.295 e. The van der Waals surface area contributed by atoms with Crippen LogP contribution in [0.3, 0.4) is 0 Å². The Morgan fingerprint density at radius 2 is 2.20 bits per heavy atom. The van der Waals surface area contributed by atoms with Crippen LogP contribution in [0.25, 0.3) is 0 Å². The zero-order chi connectivity index (χ0) is 11.5. The number of terminal acetylenes is 1. The summed E-state index contributed by atoms with van der Waals surface area (Å²) in [6.07, 6.45) is 8.18. The molecule has 1 rings (SSSR count). The Labute approximate surface area is 89.9 Å². The Morgan fingerprint density at radius 1 is 1.53 bits per heavy atom. The quantitative estimate of drug-likeness (QED) is 0.767. The van der Waals surface area contributed by atoms with Gasteiger partial charge in [0.25, 0.3) is 0 Å². The van der Waals surface area contributed by atoms with Crippen molar-refractivity contribution in [3.8, 4) is 12.3 Å². The molecule has 0 aliphatic rings. The van der Waals surface area contributed by atoms with Crippen molar-refractivity contribution in [2.24, 2.45) is 0 Å². The van der Waals surface area contributed by atoms with E-state index in [2.05, 4.69) is 16.2 Å². The molecule has 0 aliphatic heterocycles. The molecule has 0 fully saturated rings. The maximum absolute atomic E-state index is 12.9. The summed E-state index contributed by atoms with van der Waals surface area (Å²) in [4.78, 5) is 3.79. The van der Waals surface area contributed by atoms with E-state index in [9.17, 15) is 4.39 Å². The standard InChI is InChI=1S/C12H15FN2/c1-5-12(3,4)15-9(2)10-6-11(13)8-14-7-10/h1,6-9,15H,2-4H3. The molecule has 2 nitrogen and oxygen atoms in total. The molecule has 15 heavy (non-hydrogen) atoms. The van der Waals surface area contributed by atoms with Crippen molar-refractivity contribution in [2.45, 2.75) is 32.4 Å². The number of rotatable bonds is 3. The van der Waals surface area contributed by atoms with E-state index in [4.69, 9.17) is 6.42 Å². The van der Waals surface area contributed by atoms with Crippen LogP contribution in [0.5, 0.6) is 0 Å². The Morgan fingerprint density at radius 3 is 2.73 bits per heavy atom. The van der Waals surface area contributed by atoms with Gasteiger partial charge in [-0.3, -0.25) is 10.3 Å². The molecule has 0 aromatic carbocycles.